The summed E-state index contributed by atoms with van der Waals surface area (Å²) in [4.78, 5) is 31.4. The summed E-state index contributed by atoms with van der Waals surface area (Å²) in [5.74, 6) is -0.221. The van der Waals surface area contributed by atoms with Gasteiger partial charge in [0.15, 0.2) is 0 Å². The average Bonchev–Trinajstić information content (AvgIpc) is 2.88. The second-order valence-corrected chi connectivity index (χ2v) is 9.65. The maximum absolute atomic E-state index is 13.7. The van der Waals surface area contributed by atoms with E-state index in [1.807, 2.05) is 50.2 Å². The number of rotatable bonds is 9. The quantitative estimate of drug-likeness (QED) is 0.333. The molecule has 0 spiro atoms. The van der Waals surface area contributed by atoms with Crippen molar-refractivity contribution in [2.45, 2.75) is 40.0 Å². The van der Waals surface area contributed by atoms with Crippen LogP contribution in [0.15, 0.2) is 42.5 Å². The van der Waals surface area contributed by atoms with Gasteiger partial charge in [0.05, 0.1) is 30.8 Å². The zero-order valence-electron chi connectivity index (χ0n) is 21.0. The van der Waals surface area contributed by atoms with Crippen LogP contribution in [-0.4, -0.2) is 42.0 Å². The number of hydrogen-bond donors (Lipinski definition) is 0. The molecule has 0 radical (unpaired) electrons. The second-order valence-electron chi connectivity index (χ2n) is 8.87. The molecule has 1 amide bonds. The van der Waals surface area contributed by atoms with Crippen LogP contribution in [0.2, 0.25) is 10.0 Å². The monoisotopic (exact) mass is 542 g/mol. The standard InChI is InChI=1S/C28H28Cl2N2O5/c1-17-11-18(2)31-27(37-14-19-7-5-4-6-8-19)22(17)13-32-10-9-21-23(29)12-20(15-36-16-24(33)35-3)26(30)25(21)28(32)34/h4-8,11-12H,9-10,13-16H2,1-3H3. The van der Waals surface area contributed by atoms with Gasteiger partial charge in [-0.2, -0.15) is 0 Å². The highest BCUT2D eigenvalue weighted by Crippen LogP contribution is 2.36. The Morgan fingerprint density at radius 1 is 1.11 bits per heavy atom. The number of ether oxygens (including phenoxy) is 3. The third-order valence-electron chi connectivity index (χ3n) is 6.24. The minimum atomic E-state index is -0.505. The summed E-state index contributed by atoms with van der Waals surface area (Å²) in [6.07, 6.45) is 0.557. The van der Waals surface area contributed by atoms with Gasteiger partial charge in [-0.1, -0.05) is 53.5 Å². The number of carbonyl (C=O) groups excluding carboxylic acids is 2. The smallest absolute Gasteiger partial charge is 0.331 e. The van der Waals surface area contributed by atoms with Crippen molar-refractivity contribution in [2.24, 2.45) is 0 Å². The number of carbonyl (C=O) groups is 2. The summed E-state index contributed by atoms with van der Waals surface area (Å²) < 4.78 is 16.1. The third-order valence-corrected chi connectivity index (χ3v) is 7.00. The fourth-order valence-electron chi connectivity index (χ4n) is 4.31. The Hall–Kier alpha value is -3.13. The molecule has 1 aliphatic rings. The van der Waals surface area contributed by atoms with E-state index in [0.29, 0.717) is 53.7 Å². The Morgan fingerprint density at radius 3 is 2.59 bits per heavy atom. The average molecular weight is 543 g/mol. The molecule has 0 fully saturated rings. The molecule has 0 bridgehead atoms. The molecular formula is C28H28Cl2N2O5. The molecule has 0 saturated heterocycles. The summed E-state index contributed by atoms with van der Waals surface area (Å²) in [7, 11) is 1.28. The van der Waals surface area contributed by atoms with E-state index < -0.39 is 5.97 Å². The zero-order chi connectivity index (χ0) is 26.5. The molecule has 9 heteroatoms. The number of fused-ring (bicyclic) bond motifs is 1. The topological polar surface area (TPSA) is 78.0 Å². The van der Waals surface area contributed by atoms with E-state index in [-0.39, 0.29) is 24.1 Å². The van der Waals surface area contributed by atoms with Gasteiger partial charge < -0.3 is 19.1 Å². The second kappa shape index (κ2) is 11.9. The summed E-state index contributed by atoms with van der Waals surface area (Å²) in [5.41, 5.74) is 5.31. The number of aryl methyl sites for hydroxylation is 2. The molecule has 0 N–H and O–H groups in total. The van der Waals surface area contributed by atoms with Gasteiger partial charge in [0, 0.05) is 22.8 Å². The van der Waals surface area contributed by atoms with Crippen LogP contribution in [0.3, 0.4) is 0 Å². The van der Waals surface area contributed by atoms with Crippen LogP contribution in [0, 0.1) is 13.8 Å². The molecular weight excluding hydrogens is 515 g/mol. The van der Waals surface area contributed by atoms with E-state index in [4.69, 9.17) is 32.7 Å². The van der Waals surface area contributed by atoms with Crippen molar-refractivity contribution in [2.75, 3.05) is 20.3 Å². The molecule has 1 aromatic heterocycles. The van der Waals surface area contributed by atoms with Crippen molar-refractivity contribution in [1.82, 2.24) is 9.88 Å². The molecule has 4 rings (SSSR count). The van der Waals surface area contributed by atoms with E-state index in [1.165, 1.54) is 7.11 Å². The summed E-state index contributed by atoms with van der Waals surface area (Å²) in [5, 5.41) is 0.724. The number of methoxy groups -OCH3 is 1. The zero-order valence-corrected chi connectivity index (χ0v) is 22.5. The number of esters is 1. The number of hydrogen-bond acceptors (Lipinski definition) is 6. The van der Waals surface area contributed by atoms with Gasteiger partial charge in [0.1, 0.15) is 13.2 Å². The van der Waals surface area contributed by atoms with Gasteiger partial charge >= 0.3 is 5.97 Å². The summed E-state index contributed by atoms with van der Waals surface area (Å²) in [6.45, 7) is 4.86. The van der Waals surface area contributed by atoms with Crippen LogP contribution in [-0.2, 0) is 40.4 Å². The van der Waals surface area contributed by atoms with Gasteiger partial charge in [-0.15, -0.1) is 0 Å². The molecule has 7 nitrogen and oxygen atoms in total. The van der Waals surface area contributed by atoms with Gasteiger partial charge in [0.2, 0.25) is 5.88 Å². The minimum Gasteiger partial charge on any atom is -0.473 e. The van der Waals surface area contributed by atoms with Crippen molar-refractivity contribution < 1.29 is 23.8 Å². The first-order valence-electron chi connectivity index (χ1n) is 11.9. The Kier molecular flexibility index (Phi) is 8.69. The predicted molar refractivity (Wildman–Crippen MR) is 141 cm³/mol. The molecule has 0 saturated carbocycles. The fraction of sp³-hybridized carbons (Fsp3) is 0.321. The highest BCUT2D eigenvalue weighted by atomic mass is 35.5. The van der Waals surface area contributed by atoms with Gasteiger partial charge in [0.25, 0.3) is 5.91 Å². The number of nitrogens with zero attached hydrogens (tertiary/aromatic N) is 2. The number of aromatic nitrogens is 1. The maximum atomic E-state index is 13.7. The molecule has 3 aromatic rings. The SMILES string of the molecule is COC(=O)COCc1cc(Cl)c2c(c1Cl)C(=O)N(Cc1c(C)cc(C)nc1OCc1ccccc1)CC2. The maximum Gasteiger partial charge on any atom is 0.331 e. The van der Waals surface area contributed by atoms with Crippen LogP contribution in [0.25, 0.3) is 0 Å². The van der Waals surface area contributed by atoms with Crippen molar-refractivity contribution in [3.8, 4) is 5.88 Å². The first-order valence-corrected chi connectivity index (χ1v) is 12.6. The van der Waals surface area contributed by atoms with E-state index in [9.17, 15) is 9.59 Å². The van der Waals surface area contributed by atoms with Crippen LogP contribution in [0.4, 0.5) is 0 Å². The number of halogens is 2. The van der Waals surface area contributed by atoms with Crippen molar-refractivity contribution in [3.63, 3.8) is 0 Å². The lowest BCUT2D eigenvalue weighted by Gasteiger charge is -2.31. The molecule has 0 aliphatic carbocycles. The summed E-state index contributed by atoms with van der Waals surface area (Å²) in [6, 6.07) is 13.5. The van der Waals surface area contributed by atoms with E-state index in [0.717, 1.165) is 22.4 Å². The Labute approximate surface area is 226 Å². The normalized spacial score (nSPS) is 12.9. The Balaban J connectivity index is 1.57. The fourth-order valence-corrected chi connectivity index (χ4v) is 4.93. The highest BCUT2D eigenvalue weighted by Gasteiger charge is 2.31. The molecule has 37 heavy (non-hydrogen) atoms. The molecule has 0 unspecified atom stereocenters. The largest absolute Gasteiger partial charge is 0.473 e. The van der Waals surface area contributed by atoms with Gasteiger partial charge in [-0.3, -0.25) is 4.79 Å². The van der Waals surface area contributed by atoms with Gasteiger partial charge in [-0.05, 0) is 54.7 Å². The lowest BCUT2D eigenvalue weighted by atomic mass is 9.95. The van der Waals surface area contributed by atoms with Crippen LogP contribution in [0.5, 0.6) is 5.88 Å². The first kappa shape index (κ1) is 26.9. The predicted octanol–water partition coefficient (Wildman–Crippen LogP) is 5.47. The minimum absolute atomic E-state index is 0.0205. The van der Waals surface area contributed by atoms with Gasteiger partial charge in [-0.25, -0.2) is 9.78 Å². The first-order chi connectivity index (χ1) is 17.8. The van der Waals surface area contributed by atoms with Crippen LogP contribution >= 0.6 is 23.2 Å². The van der Waals surface area contributed by atoms with Crippen LogP contribution < -0.4 is 4.74 Å². The lowest BCUT2D eigenvalue weighted by Crippen LogP contribution is -2.38. The molecule has 194 valence electrons. The number of benzene rings is 2. The molecule has 2 heterocycles. The Bertz CT molecular complexity index is 1310. The molecule has 2 aromatic carbocycles. The molecule has 0 atom stereocenters. The van der Waals surface area contributed by atoms with Crippen molar-refractivity contribution in [3.05, 3.63) is 91.6 Å². The lowest BCUT2D eigenvalue weighted by molar-refractivity contribution is -0.146. The number of pyridine rings is 1. The Morgan fingerprint density at radius 2 is 1.86 bits per heavy atom. The molecule has 1 aliphatic heterocycles. The van der Waals surface area contributed by atoms with Crippen molar-refractivity contribution >= 4 is 35.1 Å². The van der Waals surface area contributed by atoms with E-state index in [1.54, 1.807) is 11.0 Å². The van der Waals surface area contributed by atoms with Crippen LogP contribution in [0.1, 0.15) is 43.9 Å². The summed E-state index contributed by atoms with van der Waals surface area (Å²) >= 11 is 13.2. The van der Waals surface area contributed by atoms with E-state index >= 15 is 0 Å². The highest BCUT2D eigenvalue weighted by molar-refractivity contribution is 6.37. The van der Waals surface area contributed by atoms with Crippen molar-refractivity contribution in [1.29, 1.82) is 0 Å². The number of amides is 1. The third kappa shape index (κ3) is 6.24. The van der Waals surface area contributed by atoms with E-state index in [2.05, 4.69) is 9.72 Å².